The van der Waals surface area contributed by atoms with Crippen LogP contribution >= 0.6 is 0 Å². The van der Waals surface area contributed by atoms with Crippen molar-refractivity contribution >= 4 is 5.91 Å². The van der Waals surface area contributed by atoms with Gasteiger partial charge < -0.3 is 15.2 Å². The number of aliphatic hydroxyl groups is 1. The monoisotopic (exact) mass is 269 g/mol. The Bertz CT molecular complexity index is 423. The van der Waals surface area contributed by atoms with Crippen LogP contribution in [0.3, 0.4) is 0 Å². The lowest BCUT2D eigenvalue weighted by molar-refractivity contribution is -0.123. The molecule has 0 aliphatic heterocycles. The molecule has 0 fully saturated rings. The molecule has 0 saturated heterocycles. The Kier molecular flexibility index (Phi) is 6.29. The summed E-state index contributed by atoms with van der Waals surface area (Å²) in [5.41, 5.74) is 0.864. The summed E-state index contributed by atoms with van der Waals surface area (Å²) in [4.78, 5) is 11.4. The van der Waals surface area contributed by atoms with E-state index in [9.17, 15) is 14.3 Å². The minimum absolute atomic E-state index is 0.0729. The minimum Gasteiger partial charge on any atom is -0.481 e. The van der Waals surface area contributed by atoms with Gasteiger partial charge in [0.2, 0.25) is 0 Å². The minimum atomic E-state index is -0.486. The van der Waals surface area contributed by atoms with Crippen LogP contribution in [0.5, 0.6) is 5.75 Å². The van der Waals surface area contributed by atoms with Crippen LogP contribution in [0.25, 0.3) is 0 Å². The van der Waals surface area contributed by atoms with E-state index in [1.165, 1.54) is 6.07 Å². The molecule has 1 aromatic rings. The highest BCUT2D eigenvalue weighted by molar-refractivity contribution is 5.77. The van der Waals surface area contributed by atoms with Crippen molar-refractivity contribution in [1.29, 1.82) is 0 Å². The first-order valence-electron chi connectivity index (χ1n) is 6.36. The predicted octanol–water partition coefficient (Wildman–Crippen LogP) is 1.79. The molecule has 0 saturated carbocycles. The third-order valence-corrected chi connectivity index (χ3v) is 2.72. The molecule has 1 atom stereocenters. The second-order valence-electron chi connectivity index (χ2n) is 4.42. The average molecular weight is 269 g/mol. The van der Waals surface area contributed by atoms with Crippen LogP contribution in [0.4, 0.5) is 4.39 Å². The van der Waals surface area contributed by atoms with E-state index in [1.54, 1.807) is 12.1 Å². The van der Waals surface area contributed by atoms with Crippen molar-refractivity contribution in [3.8, 4) is 5.75 Å². The maximum Gasteiger partial charge on any atom is 0.257 e. The number of aliphatic hydroxyl groups excluding tert-OH is 1. The van der Waals surface area contributed by atoms with Gasteiger partial charge in [0.05, 0.1) is 6.10 Å². The fourth-order valence-corrected chi connectivity index (χ4v) is 1.50. The van der Waals surface area contributed by atoms with Crippen LogP contribution in [0.2, 0.25) is 0 Å². The second-order valence-corrected chi connectivity index (χ2v) is 4.42. The molecule has 0 aliphatic carbocycles. The van der Waals surface area contributed by atoms with Gasteiger partial charge in [0.25, 0.3) is 5.91 Å². The van der Waals surface area contributed by atoms with E-state index in [1.807, 2.05) is 13.8 Å². The Labute approximate surface area is 112 Å². The lowest BCUT2D eigenvalue weighted by Gasteiger charge is -2.10. The Balaban J connectivity index is 2.32. The normalized spacial score (nSPS) is 12.0. The van der Waals surface area contributed by atoms with Crippen LogP contribution in [0.1, 0.15) is 25.3 Å². The average Bonchev–Trinajstić information content (AvgIpc) is 2.39. The number of rotatable bonds is 7. The lowest BCUT2D eigenvalue weighted by Crippen LogP contribution is -2.31. The van der Waals surface area contributed by atoms with E-state index >= 15 is 0 Å². The lowest BCUT2D eigenvalue weighted by atomic mass is 10.2. The van der Waals surface area contributed by atoms with E-state index in [0.29, 0.717) is 19.4 Å². The molecule has 1 rings (SSSR count). The van der Waals surface area contributed by atoms with Crippen molar-refractivity contribution in [3.63, 3.8) is 0 Å². The summed E-state index contributed by atoms with van der Waals surface area (Å²) in [5.74, 6) is -0.743. The molecule has 2 N–H and O–H groups in total. The van der Waals surface area contributed by atoms with Crippen LogP contribution < -0.4 is 10.1 Å². The van der Waals surface area contributed by atoms with Gasteiger partial charge in [0.15, 0.2) is 18.2 Å². The SMILES string of the molecule is CCC(O)CCNC(=O)COc1cc(C)ccc1F. The number of amides is 1. The summed E-state index contributed by atoms with van der Waals surface area (Å²) in [5, 5.41) is 11.9. The summed E-state index contributed by atoms with van der Waals surface area (Å²) in [6.45, 7) is 3.84. The predicted molar refractivity (Wildman–Crippen MR) is 70.6 cm³/mol. The molecule has 4 nitrogen and oxygen atoms in total. The molecule has 0 aliphatic rings. The highest BCUT2D eigenvalue weighted by atomic mass is 19.1. The zero-order valence-corrected chi connectivity index (χ0v) is 11.3. The van der Waals surface area contributed by atoms with Crippen molar-refractivity contribution in [2.45, 2.75) is 32.8 Å². The molecule has 1 unspecified atom stereocenters. The smallest absolute Gasteiger partial charge is 0.257 e. The molecule has 0 aromatic heterocycles. The zero-order valence-electron chi connectivity index (χ0n) is 11.3. The van der Waals surface area contributed by atoms with Crippen molar-refractivity contribution in [1.82, 2.24) is 5.32 Å². The van der Waals surface area contributed by atoms with Crippen molar-refractivity contribution in [2.24, 2.45) is 0 Å². The van der Waals surface area contributed by atoms with Crippen molar-refractivity contribution in [2.75, 3.05) is 13.2 Å². The molecule has 0 spiro atoms. The van der Waals surface area contributed by atoms with Gasteiger partial charge in [-0.25, -0.2) is 4.39 Å². The standard InChI is InChI=1S/C14H20FNO3/c1-3-11(17)6-7-16-14(18)9-19-13-8-10(2)4-5-12(13)15/h4-5,8,11,17H,3,6-7,9H2,1-2H3,(H,16,18). The van der Waals surface area contributed by atoms with Gasteiger partial charge in [-0.05, 0) is 37.5 Å². The first-order chi connectivity index (χ1) is 9.02. The Morgan fingerprint density at radius 3 is 2.95 bits per heavy atom. The molecule has 1 aromatic carbocycles. The highest BCUT2D eigenvalue weighted by Crippen LogP contribution is 2.17. The number of benzene rings is 1. The van der Waals surface area contributed by atoms with Gasteiger partial charge in [-0.15, -0.1) is 0 Å². The van der Waals surface area contributed by atoms with Crippen LogP contribution in [0.15, 0.2) is 18.2 Å². The number of hydrogen-bond acceptors (Lipinski definition) is 3. The first kappa shape index (κ1) is 15.4. The van der Waals surface area contributed by atoms with Gasteiger partial charge in [-0.3, -0.25) is 4.79 Å². The number of hydrogen-bond donors (Lipinski definition) is 2. The summed E-state index contributed by atoms with van der Waals surface area (Å²) in [6, 6.07) is 4.48. The van der Waals surface area contributed by atoms with Crippen LogP contribution in [-0.2, 0) is 4.79 Å². The third-order valence-electron chi connectivity index (χ3n) is 2.72. The summed E-state index contributed by atoms with van der Waals surface area (Å²) >= 11 is 0. The van der Waals surface area contributed by atoms with Crippen LogP contribution in [0, 0.1) is 12.7 Å². The Morgan fingerprint density at radius 2 is 2.26 bits per heavy atom. The van der Waals surface area contributed by atoms with Gasteiger partial charge in [-0.1, -0.05) is 13.0 Å². The molecular formula is C14H20FNO3. The topological polar surface area (TPSA) is 58.6 Å². The van der Waals surface area contributed by atoms with E-state index < -0.39 is 11.9 Å². The van der Waals surface area contributed by atoms with Gasteiger partial charge in [0, 0.05) is 6.54 Å². The molecule has 19 heavy (non-hydrogen) atoms. The molecule has 0 heterocycles. The number of carbonyl (C=O) groups is 1. The molecule has 0 radical (unpaired) electrons. The van der Waals surface area contributed by atoms with E-state index in [4.69, 9.17) is 4.74 Å². The molecule has 1 amide bonds. The van der Waals surface area contributed by atoms with E-state index in [0.717, 1.165) is 5.56 Å². The van der Waals surface area contributed by atoms with Gasteiger partial charge in [-0.2, -0.15) is 0 Å². The fourth-order valence-electron chi connectivity index (χ4n) is 1.50. The number of aryl methyl sites for hydroxylation is 1. The summed E-state index contributed by atoms with van der Waals surface area (Å²) < 4.78 is 18.4. The molecular weight excluding hydrogens is 249 g/mol. The van der Waals surface area contributed by atoms with Crippen LogP contribution in [-0.4, -0.2) is 30.3 Å². The van der Waals surface area contributed by atoms with Crippen molar-refractivity contribution < 1.29 is 19.0 Å². The second kappa shape index (κ2) is 7.74. The fraction of sp³-hybridized carbons (Fsp3) is 0.500. The van der Waals surface area contributed by atoms with Gasteiger partial charge >= 0.3 is 0 Å². The van der Waals surface area contributed by atoms with Crippen molar-refractivity contribution in [3.05, 3.63) is 29.6 Å². The maximum absolute atomic E-state index is 13.3. The maximum atomic E-state index is 13.3. The molecule has 106 valence electrons. The van der Waals surface area contributed by atoms with E-state index in [2.05, 4.69) is 5.32 Å². The van der Waals surface area contributed by atoms with Gasteiger partial charge in [0.1, 0.15) is 0 Å². The Morgan fingerprint density at radius 1 is 1.53 bits per heavy atom. The highest BCUT2D eigenvalue weighted by Gasteiger charge is 2.07. The number of ether oxygens (including phenoxy) is 1. The molecule has 5 heteroatoms. The quantitative estimate of drug-likeness (QED) is 0.793. The third kappa shape index (κ3) is 5.70. The summed E-state index contributed by atoms with van der Waals surface area (Å²) in [7, 11) is 0. The number of nitrogens with one attached hydrogen (secondary N) is 1. The summed E-state index contributed by atoms with van der Waals surface area (Å²) in [6.07, 6.45) is 0.748. The zero-order chi connectivity index (χ0) is 14.3. The molecule has 0 bridgehead atoms. The number of carbonyl (C=O) groups excluding carboxylic acids is 1. The first-order valence-corrected chi connectivity index (χ1v) is 6.36. The van der Waals surface area contributed by atoms with E-state index in [-0.39, 0.29) is 18.3 Å². The Hall–Kier alpha value is -1.62. The number of halogens is 1. The largest absolute Gasteiger partial charge is 0.481 e.